The van der Waals surface area contributed by atoms with Crippen molar-refractivity contribution >= 4 is 27.8 Å². The van der Waals surface area contributed by atoms with E-state index in [2.05, 4.69) is 110 Å². The molecule has 0 N–H and O–H groups in total. The first-order chi connectivity index (χ1) is 12.2. The van der Waals surface area contributed by atoms with Gasteiger partial charge in [0.25, 0.3) is 0 Å². The number of fused-ring (bicyclic) bond motifs is 1. The smallest absolute Gasteiger partial charge is 0.0468 e. The number of aryl methyl sites for hydroxylation is 2. The van der Waals surface area contributed by atoms with E-state index in [1.165, 1.54) is 39.0 Å². The Labute approximate surface area is 149 Å². The summed E-state index contributed by atoms with van der Waals surface area (Å²) in [6, 6.07) is 32.5. The summed E-state index contributed by atoms with van der Waals surface area (Å²) in [5, 5.41) is 2.52. The third kappa shape index (κ3) is 3.14. The van der Waals surface area contributed by atoms with Gasteiger partial charge in [-0.3, -0.25) is 0 Å². The molecule has 4 aromatic rings. The Morgan fingerprint density at radius 2 is 1.04 bits per heavy atom. The molecule has 0 unspecified atom stereocenters. The van der Waals surface area contributed by atoms with E-state index in [-0.39, 0.29) is 0 Å². The molecule has 1 heteroatoms. The van der Waals surface area contributed by atoms with Gasteiger partial charge in [0, 0.05) is 17.1 Å². The van der Waals surface area contributed by atoms with Gasteiger partial charge < -0.3 is 4.90 Å². The summed E-state index contributed by atoms with van der Waals surface area (Å²) in [5.74, 6) is 0. The van der Waals surface area contributed by atoms with E-state index in [1.54, 1.807) is 0 Å². The van der Waals surface area contributed by atoms with Crippen LogP contribution >= 0.6 is 0 Å². The van der Waals surface area contributed by atoms with Crippen molar-refractivity contribution in [1.29, 1.82) is 0 Å². The molecule has 0 aromatic heterocycles. The topological polar surface area (TPSA) is 3.24 Å². The molecule has 0 aliphatic heterocycles. The highest BCUT2D eigenvalue weighted by molar-refractivity contribution is 5.89. The van der Waals surface area contributed by atoms with Crippen LogP contribution < -0.4 is 4.90 Å². The van der Waals surface area contributed by atoms with E-state index < -0.39 is 0 Å². The van der Waals surface area contributed by atoms with Gasteiger partial charge in [-0.1, -0.05) is 54.6 Å². The average Bonchev–Trinajstić information content (AvgIpc) is 2.62. The van der Waals surface area contributed by atoms with Gasteiger partial charge in [0.15, 0.2) is 0 Å². The van der Waals surface area contributed by atoms with Crippen molar-refractivity contribution in [3.05, 3.63) is 102 Å². The van der Waals surface area contributed by atoms with Gasteiger partial charge in [-0.25, -0.2) is 0 Å². The number of hydrogen-bond donors (Lipinski definition) is 0. The van der Waals surface area contributed by atoms with Gasteiger partial charge in [-0.05, 0) is 72.1 Å². The maximum absolute atomic E-state index is 2.33. The molecule has 4 rings (SSSR count). The number of nitrogens with zero attached hydrogens (tertiary/aromatic N) is 1. The number of benzene rings is 4. The summed E-state index contributed by atoms with van der Waals surface area (Å²) in [7, 11) is 0. The van der Waals surface area contributed by atoms with E-state index in [4.69, 9.17) is 0 Å². The minimum atomic E-state index is 1.18. The molecule has 122 valence electrons. The van der Waals surface area contributed by atoms with Crippen molar-refractivity contribution < 1.29 is 0 Å². The Bertz CT molecular complexity index is 987. The summed E-state index contributed by atoms with van der Waals surface area (Å²) in [4.78, 5) is 2.33. The Morgan fingerprint density at radius 3 is 1.64 bits per heavy atom. The monoisotopic (exact) mass is 323 g/mol. The molecular formula is C24H21N. The SMILES string of the molecule is Cc1cccc(N(c2cccc(C)c2)c2ccc3ccccc3c2)c1. The lowest BCUT2D eigenvalue weighted by Crippen LogP contribution is -2.10. The highest BCUT2D eigenvalue weighted by atomic mass is 15.1. The second-order valence-corrected chi connectivity index (χ2v) is 6.54. The molecule has 25 heavy (non-hydrogen) atoms. The van der Waals surface area contributed by atoms with Crippen molar-refractivity contribution in [3.8, 4) is 0 Å². The minimum Gasteiger partial charge on any atom is -0.310 e. The van der Waals surface area contributed by atoms with Crippen molar-refractivity contribution in [2.75, 3.05) is 4.90 Å². The molecule has 0 heterocycles. The van der Waals surface area contributed by atoms with Crippen LogP contribution in [0.3, 0.4) is 0 Å². The predicted molar refractivity (Wildman–Crippen MR) is 108 cm³/mol. The summed E-state index contributed by atoms with van der Waals surface area (Å²) >= 11 is 0. The molecule has 0 bridgehead atoms. The molecule has 0 saturated carbocycles. The molecule has 0 amide bonds. The number of rotatable bonds is 3. The Morgan fingerprint density at radius 1 is 0.480 bits per heavy atom. The highest BCUT2D eigenvalue weighted by Crippen LogP contribution is 2.36. The minimum absolute atomic E-state index is 1.18. The highest BCUT2D eigenvalue weighted by Gasteiger charge is 2.13. The summed E-state index contributed by atoms with van der Waals surface area (Å²) < 4.78 is 0. The zero-order valence-corrected chi connectivity index (χ0v) is 14.6. The molecule has 0 aliphatic carbocycles. The van der Waals surface area contributed by atoms with Crippen LogP contribution in [0.5, 0.6) is 0 Å². The predicted octanol–water partition coefficient (Wildman–Crippen LogP) is 6.93. The lowest BCUT2D eigenvalue weighted by atomic mass is 10.1. The van der Waals surface area contributed by atoms with Crippen LogP contribution in [0, 0.1) is 13.8 Å². The van der Waals surface area contributed by atoms with Crippen LogP contribution in [0.15, 0.2) is 91.0 Å². The third-order valence-electron chi connectivity index (χ3n) is 4.51. The second-order valence-electron chi connectivity index (χ2n) is 6.54. The first kappa shape index (κ1) is 15.5. The van der Waals surface area contributed by atoms with Crippen molar-refractivity contribution in [3.63, 3.8) is 0 Å². The van der Waals surface area contributed by atoms with E-state index in [0.717, 1.165) is 0 Å². The maximum atomic E-state index is 2.33. The second kappa shape index (κ2) is 6.45. The zero-order valence-electron chi connectivity index (χ0n) is 14.6. The van der Waals surface area contributed by atoms with Crippen molar-refractivity contribution in [2.45, 2.75) is 13.8 Å². The van der Waals surface area contributed by atoms with E-state index >= 15 is 0 Å². The van der Waals surface area contributed by atoms with Gasteiger partial charge >= 0.3 is 0 Å². The molecule has 0 spiro atoms. The quantitative estimate of drug-likeness (QED) is 0.395. The van der Waals surface area contributed by atoms with Crippen LogP contribution in [0.2, 0.25) is 0 Å². The molecule has 0 atom stereocenters. The first-order valence-corrected chi connectivity index (χ1v) is 8.63. The van der Waals surface area contributed by atoms with Crippen LogP contribution in [-0.4, -0.2) is 0 Å². The van der Waals surface area contributed by atoms with Crippen molar-refractivity contribution in [2.24, 2.45) is 0 Å². The Balaban J connectivity index is 1.92. The molecule has 0 aliphatic rings. The van der Waals surface area contributed by atoms with E-state index in [9.17, 15) is 0 Å². The van der Waals surface area contributed by atoms with E-state index in [1.807, 2.05) is 0 Å². The molecular weight excluding hydrogens is 302 g/mol. The van der Waals surface area contributed by atoms with Crippen molar-refractivity contribution in [1.82, 2.24) is 0 Å². The fourth-order valence-electron chi connectivity index (χ4n) is 3.30. The number of anilines is 3. The average molecular weight is 323 g/mol. The molecule has 0 fully saturated rings. The zero-order chi connectivity index (χ0) is 17.2. The summed E-state index contributed by atoms with van der Waals surface area (Å²) in [6.45, 7) is 4.27. The Hall–Kier alpha value is -3.06. The fraction of sp³-hybridized carbons (Fsp3) is 0.0833. The lowest BCUT2D eigenvalue weighted by molar-refractivity contribution is 1.26. The molecule has 0 radical (unpaired) electrons. The van der Waals surface area contributed by atoms with Crippen LogP contribution in [-0.2, 0) is 0 Å². The normalized spacial score (nSPS) is 10.8. The number of hydrogen-bond acceptors (Lipinski definition) is 1. The fourth-order valence-corrected chi connectivity index (χ4v) is 3.30. The van der Waals surface area contributed by atoms with Gasteiger partial charge in [0.2, 0.25) is 0 Å². The largest absolute Gasteiger partial charge is 0.310 e. The standard InChI is InChI=1S/C24H21N/c1-18-7-5-11-22(15-18)25(23-12-6-8-19(2)16-23)24-14-13-20-9-3-4-10-21(20)17-24/h3-17H,1-2H3. The summed E-state index contributed by atoms with van der Waals surface area (Å²) in [6.07, 6.45) is 0. The molecule has 4 aromatic carbocycles. The third-order valence-corrected chi connectivity index (χ3v) is 4.51. The maximum Gasteiger partial charge on any atom is 0.0468 e. The van der Waals surface area contributed by atoms with Gasteiger partial charge in [-0.2, -0.15) is 0 Å². The molecule has 1 nitrogen and oxygen atoms in total. The van der Waals surface area contributed by atoms with Crippen LogP contribution in [0.25, 0.3) is 10.8 Å². The Kier molecular flexibility index (Phi) is 3.99. The van der Waals surface area contributed by atoms with Gasteiger partial charge in [0.1, 0.15) is 0 Å². The summed E-state index contributed by atoms with van der Waals surface area (Å²) in [5.41, 5.74) is 6.06. The van der Waals surface area contributed by atoms with Crippen LogP contribution in [0.1, 0.15) is 11.1 Å². The lowest BCUT2D eigenvalue weighted by Gasteiger charge is -2.26. The molecule has 0 saturated heterocycles. The first-order valence-electron chi connectivity index (χ1n) is 8.63. The van der Waals surface area contributed by atoms with E-state index in [0.29, 0.717) is 0 Å². The van der Waals surface area contributed by atoms with Gasteiger partial charge in [-0.15, -0.1) is 0 Å². The van der Waals surface area contributed by atoms with Gasteiger partial charge in [0.05, 0.1) is 0 Å². The van der Waals surface area contributed by atoms with Crippen LogP contribution in [0.4, 0.5) is 17.1 Å².